The quantitative estimate of drug-likeness (QED) is 0.816. The number of carbonyl (C=O) groups is 3. The summed E-state index contributed by atoms with van der Waals surface area (Å²) in [7, 11) is 0. The van der Waals surface area contributed by atoms with Crippen LogP contribution in [0.5, 0.6) is 0 Å². The number of aromatic nitrogens is 1. The smallest absolute Gasteiger partial charge is 0.345 e. The van der Waals surface area contributed by atoms with Crippen LogP contribution in [-0.4, -0.2) is 27.4 Å². The molecule has 0 aliphatic carbocycles. The lowest BCUT2D eigenvalue weighted by molar-refractivity contribution is -0.172. The second kappa shape index (κ2) is 5.29. The zero-order chi connectivity index (χ0) is 15.9. The molecule has 0 spiro atoms. The van der Waals surface area contributed by atoms with Gasteiger partial charge in [0.1, 0.15) is 0 Å². The van der Waals surface area contributed by atoms with E-state index in [0.717, 1.165) is 10.9 Å². The van der Waals surface area contributed by atoms with E-state index in [2.05, 4.69) is 18.4 Å². The second-order valence-electron chi connectivity index (χ2n) is 5.55. The van der Waals surface area contributed by atoms with Crippen LogP contribution in [0, 0.1) is 0 Å². The molecule has 0 N–H and O–H groups in total. The summed E-state index contributed by atoms with van der Waals surface area (Å²) in [4.78, 5) is 39.9. The minimum atomic E-state index is -0.706. The van der Waals surface area contributed by atoms with Crippen LogP contribution in [-0.2, 0) is 14.4 Å². The molecule has 3 rings (SSSR count). The van der Waals surface area contributed by atoms with E-state index in [1.165, 1.54) is 0 Å². The molecule has 6 heteroatoms. The number of amides is 2. The van der Waals surface area contributed by atoms with E-state index in [1.807, 2.05) is 18.3 Å². The summed E-state index contributed by atoms with van der Waals surface area (Å²) in [5, 5.41) is 1.47. The van der Waals surface area contributed by atoms with Crippen molar-refractivity contribution in [3.63, 3.8) is 0 Å². The highest BCUT2D eigenvalue weighted by molar-refractivity contribution is 6.03. The van der Waals surface area contributed by atoms with Crippen LogP contribution in [0.15, 0.2) is 30.5 Å². The zero-order valence-electron chi connectivity index (χ0n) is 12.4. The number of hydroxylamine groups is 2. The maximum atomic E-state index is 12.1. The van der Waals surface area contributed by atoms with E-state index in [1.54, 1.807) is 12.1 Å². The Kier molecular flexibility index (Phi) is 3.44. The van der Waals surface area contributed by atoms with Gasteiger partial charge in [0.25, 0.3) is 11.8 Å². The monoisotopic (exact) mass is 300 g/mol. The van der Waals surface area contributed by atoms with Crippen molar-refractivity contribution >= 4 is 28.7 Å². The van der Waals surface area contributed by atoms with Gasteiger partial charge in [0.15, 0.2) is 0 Å². The first-order chi connectivity index (χ1) is 10.5. The number of carbonyl (C=O) groups excluding carboxylic acids is 3. The van der Waals surface area contributed by atoms with Crippen molar-refractivity contribution in [1.82, 2.24) is 9.63 Å². The van der Waals surface area contributed by atoms with E-state index < -0.39 is 17.8 Å². The Labute approximate surface area is 127 Å². The summed E-state index contributed by atoms with van der Waals surface area (Å²) in [5.41, 5.74) is 1.32. The summed E-state index contributed by atoms with van der Waals surface area (Å²) >= 11 is 0. The topological polar surface area (TPSA) is 68.6 Å². The predicted molar refractivity (Wildman–Crippen MR) is 78.8 cm³/mol. The maximum Gasteiger partial charge on any atom is 0.363 e. The van der Waals surface area contributed by atoms with Gasteiger partial charge in [0.05, 0.1) is 5.56 Å². The molecule has 2 amide bonds. The van der Waals surface area contributed by atoms with Crippen molar-refractivity contribution in [2.75, 3.05) is 0 Å². The Morgan fingerprint density at radius 3 is 2.45 bits per heavy atom. The first-order valence-corrected chi connectivity index (χ1v) is 7.16. The van der Waals surface area contributed by atoms with Crippen molar-refractivity contribution in [2.24, 2.45) is 0 Å². The normalized spacial score (nSPS) is 15.1. The maximum absolute atomic E-state index is 12.1. The summed E-state index contributed by atoms with van der Waals surface area (Å²) in [6.45, 7) is 4.15. The Morgan fingerprint density at radius 1 is 1.14 bits per heavy atom. The molecule has 6 nitrogen and oxygen atoms in total. The molecule has 114 valence electrons. The second-order valence-corrected chi connectivity index (χ2v) is 5.55. The third-order valence-corrected chi connectivity index (χ3v) is 3.69. The van der Waals surface area contributed by atoms with Crippen LogP contribution < -0.4 is 0 Å². The average Bonchev–Trinajstić information content (AvgIpc) is 3.04. The van der Waals surface area contributed by atoms with Crippen molar-refractivity contribution in [1.29, 1.82) is 0 Å². The molecular formula is C16H16N2O4. The van der Waals surface area contributed by atoms with E-state index in [0.29, 0.717) is 16.7 Å². The van der Waals surface area contributed by atoms with Crippen molar-refractivity contribution in [3.8, 4) is 0 Å². The van der Waals surface area contributed by atoms with Gasteiger partial charge in [-0.25, -0.2) is 4.79 Å². The molecule has 1 aromatic heterocycles. The van der Waals surface area contributed by atoms with E-state index in [-0.39, 0.29) is 12.8 Å². The molecule has 0 bridgehead atoms. The predicted octanol–water partition coefficient (Wildman–Crippen LogP) is 2.44. The Morgan fingerprint density at radius 2 is 1.82 bits per heavy atom. The molecule has 2 aromatic rings. The molecule has 1 aliphatic heterocycles. The number of rotatable bonds is 3. The molecule has 1 fully saturated rings. The molecular weight excluding hydrogens is 284 g/mol. The van der Waals surface area contributed by atoms with E-state index >= 15 is 0 Å². The molecule has 1 aliphatic rings. The van der Waals surface area contributed by atoms with Gasteiger partial charge in [-0.05, 0) is 38.1 Å². The van der Waals surface area contributed by atoms with E-state index in [9.17, 15) is 14.4 Å². The van der Waals surface area contributed by atoms with Gasteiger partial charge in [-0.3, -0.25) is 9.59 Å². The van der Waals surface area contributed by atoms with E-state index in [4.69, 9.17) is 4.84 Å². The number of hydrogen-bond acceptors (Lipinski definition) is 4. The third-order valence-electron chi connectivity index (χ3n) is 3.69. The lowest BCUT2D eigenvalue weighted by Gasteiger charge is -2.13. The third kappa shape index (κ3) is 2.36. The molecule has 0 saturated carbocycles. The fraction of sp³-hybridized carbons (Fsp3) is 0.312. The average molecular weight is 300 g/mol. The number of benzene rings is 1. The van der Waals surface area contributed by atoms with Gasteiger partial charge >= 0.3 is 5.97 Å². The van der Waals surface area contributed by atoms with Gasteiger partial charge in [-0.15, -0.1) is 5.06 Å². The molecule has 2 heterocycles. The van der Waals surface area contributed by atoms with Gasteiger partial charge in [0.2, 0.25) is 0 Å². The van der Waals surface area contributed by atoms with Gasteiger partial charge in [0, 0.05) is 36.0 Å². The van der Waals surface area contributed by atoms with Crippen molar-refractivity contribution in [2.45, 2.75) is 32.7 Å². The molecule has 22 heavy (non-hydrogen) atoms. The molecule has 1 aromatic carbocycles. The fourth-order valence-electron chi connectivity index (χ4n) is 2.53. The SMILES string of the molecule is CC(C)n1ccc2cc(C(=O)ON3C(=O)CCC3=O)ccc21. The van der Waals surface area contributed by atoms with Gasteiger partial charge in [-0.2, -0.15) is 0 Å². The first-order valence-electron chi connectivity index (χ1n) is 7.16. The summed E-state index contributed by atoms with van der Waals surface area (Å²) in [6, 6.07) is 7.39. The lowest BCUT2D eigenvalue weighted by atomic mass is 10.1. The molecule has 0 radical (unpaired) electrons. The highest BCUT2D eigenvalue weighted by atomic mass is 16.7. The van der Waals surface area contributed by atoms with Gasteiger partial charge in [-0.1, -0.05) is 0 Å². The molecule has 0 atom stereocenters. The van der Waals surface area contributed by atoms with Crippen LogP contribution in [0.2, 0.25) is 0 Å². The van der Waals surface area contributed by atoms with Crippen LogP contribution in [0.25, 0.3) is 10.9 Å². The largest absolute Gasteiger partial charge is 0.363 e. The highest BCUT2D eigenvalue weighted by Gasteiger charge is 2.33. The van der Waals surface area contributed by atoms with Crippen LogP contribution in [0.4, 0.5) is 0 Å². The highest BCUT2D eigenvalue weighted by Crippen LogP contribution is 2.22. The number of hydrogen-bond donors (Lipinski definition) is 0. The minimum Gasteiger partial charge on any atom is -0.345 e. The lowest BCUT2D eigenvalue weighted by Crippen LogP contribution is -2.32. The number of imide groups is 1. The summed E-state index contributed by atoms with van der Waals surface area (Å²) in [5.74, 6) is -1.67. The molecule has 1 saturated heterocycles. The number of fused-ring (bicyclic) bond motifs is 1. The Hall–Kier alpha value is -2.63. The standard InChI is InChI=1S/C16H16N2O4/c1-10(2)17-8-7-11-9-12(3-4-13(11)17)16(21)22-18-14(19)5-6-15(18)20/h3-4,7-10H,5-6H2,1-2H3. The number of nitrogens with zero attached hydrogens (tertiary/aromatic N) is 2. The summed E-state index contributed by atoms with van der Waals surface area (Å²) < 4.78 is 2.10. The van der Waals surface area contributed by atoms with Crippen LogP contribution >= 0.6 is 0 Å². The minimum absolute atomic E-state index is 0.0857. The van der Waals surface area contributed by atoms with Crippen molar-refractivity contribution < 1.29 is 19.2 Å². The summed E-state index contributed by atoms with van der Waals surface area (Å²) in [6.07, 6.45) is 2.13. The van der Waals surface area contributed by atoms with Crippen LogP contribution in [0.1, 0.15) is 43.1 Å². The van der Waals surface area contributed by atoms with Gasteiger partial charge < -0.3 is 9.40 Å². The first kappa shape index (κ1) is 14.3. The zero-order valence-corrected chi connectivity index (χ0v) is 12.4. The fourth-order valence-corrected chi connectivity index (χ4v) is 2.53. The van der Waals surface area contributed by atoms with Crippen LogP contribution in [0.3, 0.4) is 0 Å². The molecule has 0 unspecified atom stereocenters. The Balaban J connectivity index is 1.85. The van der Waals surface area contributed by atoms with Crippen molar-refractivity contribution in [3.05, 3.63) is 36.0 Å². The Bertz CT molecular complexity index is 760.